The number of benzene rings is 3. The summed E-state index contributed by atoms with van der Waals surface area (Å²) in [6.07, 6.45) is 1.18. The molecule has 0 heterocycles. The van der Waals surface area contributed by atoms with Crippen LogP contribution >= 0.6 is 0 Å². The number of amides is 7. The van der Waals surface area contributed by atoms with Crippen LogP contribution in [0.25, 0.3) is 0 Å². The minimum Gasteiger partial charge on any atom is -0.506 e. The van der Waals surface area contributed by atoms with Crippen LogP contribution in [-0.4, -0.2) is 150 Å². The summed E-state index contributed by atoms with van der Waals surface area (Å²) < 4.78 is 37.9. The van der Waals surface area contributed by atoms with Crippen molar-refractivity contribution in [1.82, 2.24) is 31.9 Å². The number of rotatable bonds is 41. The largest absolute Gasteiger partial charge is 0.506 e. The molecule has 3 aromatic carbocycles. The highest BCUT2D eigenvalue weighted by atomic mass is 16.6. The standard InChI is InChI=1S/C62H93N7O16/c1-45(61(2,3)4)39-49(67-60(78)85-62(5,6)7)40-48-23-24-52(70)51(41-48)68-55(73)22-16-28-66-58(76)50(69-59(77)84-44-47-19-12-9-13-20-47)21-14-15-27-63-53(71)25-31-79-35-37-81-33-29-64-54(72)26-32-80-36-38-82-34-30-65-56(74)42-57(75)83-43-46-17-10-8-11-18-46/h8-13,17-20,23-24,41,45,49-50,70H,14-16,21-22,25-40,42-44H2,1-7H3,(H,63,71)(H,64,72)(H,65,74)(H,66,76)(H,67,78)(H,68,73)(H,69,77)/t45-,49+,50-/m0/s1. The molecule has 0 aliphatic heterocycles. The monoisotopic (exact) mass is 1190 g/mol. The normalized spacial score (nSPS) is 12.4. The van der Waals surface area contributed by atoms with E-state index in [0.717, 1.165) is 16.7 Å². The van der Waals surface area contributed by atoms with Crippen LogP contribution in [0.5, 0.6) is 5.75 Å². The molecule has 472 valence electrons. The minimum absolute atomic E-state index is 0.00337. The zero-order chi connectivity index (χ0) is 62.3. The van der Waals surface area contributed by atoms with Crippen molar-refractivity contribution in [2.24, 2.45) is 11.3 Å². The van der Waals surface area contributed by atoms with E-state index in [9.17, 15) is 43.5 Å². The first-order valence-corrected chi connectivity index (χ1v) is 29.2. The average Bonchev–Trinajstić information content (AvgIpc) is 3.66. The van der Waals surface area contributed by atoms with E-state index in [0.29, 0.717) is 38.8 Å². The van der Waals surface area contributed by atoms with Crippen molar-refractivity contribution >= 4 is 53.4 Å². The smallest absolute Gasteiger partial charge is 0.408 e. The number of hydrogen-bond donors (Lipinski definition) is 8. The van der Waals surface area contributed by atoms with Gasteiger partial charge in [0.05, 0.1) is 58.5 Å². The minimum atomic E-state index is -0.961. The predicted octanol–water partition coefficient (Wildman–Crippen LogP) is 6.53. The van der Waals surface area contributed by atoms with Crippen LogP contribution in [-0.2, 0) is 81.6 Å². The Morgan fingerprint density at radius 1 is 0.529 bits per heavy atom. The molecule has 23 nitrogen and oxygen atoms in total. The Hall–Kier alpha value is -7.34. The van der Waals surface area contributed by atoms with Gasteiger partial charge in [-0.25, -0.2) is 9.59 Å². The lowest BCUT2D eigenvalue weighted by Crippen LogP contribution is -2.47. The van der Waals surface area contributed by atoms with E-state index in [1.165, 1.54) is 6.07 Å². The summed E-state index contributed by atoms with van der Waals surface area (Å²) in [4.78, 5) is 101. The Balaban J connectivity index is 1.26. The number of nitrogens with one attached hydrogen (secondary N) is 7. The topological polar surface area (TPSA) is 306 Å². The second kappa shape index (κ2) is 40.8. The van der Waals surface area contributed by atoms with Gasteiger partial charge in [0.15, 0.2) is 0 Å². The number of phenolic OH excluding ortho intramolecular Hbond substituents is 1. The summed E-state index contributed by atoms with van der Waals surface area (Å²) >= 11 is 0. The highest BCUT2D eigenvalue weighted by molar-refractivity contribution is 5.94. The van der Waals surface area contributed by atoms with Gasteiger partial charge in [-0.1, -0.05) is 94.4 Å². The molecule has 0 spiro atoms. The van der Waals surface area contributed by atoms with E-state index in [1.54, 1.807) is 32.9 Å². The lowest BCUT2D eigenvalue weighted by Gasteiger charge is -2.32. The maximum atomic E-state index is 13.4. The van der Waals surface area contributed by atoms with Crippen molar-refractivity contribution in [3.63, 3.8) is 0 Å². The molecular formula is C62H93N7O16. The van der Waals surface area contributed by atoms with Gasteiger partial charge >= 0.3 is 18.2 Å². The summed E-state index contributed by atoms with van der Waals surface area (Å²) in [5, 5.41) is 30.0. The van der Waals surface area contributed by atoms with E-state index in [4.69, 9.17) is 33.2 Å². The van der Waals surface area contributed by atoms with Crippen molar-refractivity contribution in [2.75, 3.05) is 84.4 Å². The molecule has 7 amide bonds. The molecule has 3 atom stereocenters. The molecule has 3 aromatic rings. The number of anilines is 1. The fourth-order valence-corrected chi connectivity index (χ4v) is 7.87. The molecular weight excluding hydrogens is 1100 g/mol. The van der Waals surface area contributed by atoms with Crippen LogP contribution in [0.3, 0.4) is 0 Å². The Labute approximate surface area is 500 Å². The van der Waals surface area contributed by atoms with Crippen molar-refractivity contribution < 1.29 is 76.6 Å². The third kappa shape index (κ3) is 35.5. The molecule has 85 heavy (non-hydrogen) atoms. The maximum Gasteiger partial charge on any atom is 0.408 e. The number of phenols is 1. The van der Waals surface area contributed by atoms with Crippen molar-refractivity contribution in [3.05, 3.63) is 95.6 Å². The summed E-state index contributed by atoms with van der Waals surface area (Å²) in [6.45, 7) is 16.9. The molecule has 0 saturated heterocycles. The highest BCUT2D eigenvalue weighted by Crippen LogP contribution is 2.31. The zero-order valence-electron chi connectivity index (χ0n) is 50.8. The molecule has 0 aliphatic rings. The van der Waals surface area contributed by atoms with E-state index in [1.807, 2.05) is 60.7 Å². The van der Waals surface area contributed by atoms with Crippen molar-refractivity contribution in [2.45, 2.75) is 144 Å². The van der Waals surface area contributed by atoms with Crippen molar-refractivity contribution in [1.29, 1.82) is 0 Å². The summed E-state index contributed by atoms with van der Waals surface area (Å²) in [5.74, 6) is -2.23. The van der Waals surface area contributed by atoms with Gasteiger partial charge in [0.1, 0.15) is 37.0 Å². The third-order valence-electron chi connectivity index (χ3n) is 13.0. The molecule has 0 bridgehead atoms. The van der Waals surface area contributed by atoms with Gasteiger partial charge in [0.2, 0.25) is 29.5 Å². The van der Waals surface area contributed by atoms with Gasteiger partial charge in [0, 0.05) is 51.5 Å². The molecule has 3 rings (SSSR count). The van der Waals surface area contributed by atoms with Crippen molar-refractivity contribution in [3.8, 4) is 5.75 Å². The number of hydrogen-bond acceptors (Lipinski definition) is 16. The van der Waals surface area contributed by atoms with Gasteiger partial charge in [-0.2, -0.15) is 0 Å². The van der Waals surface area contributed by atoms with Crippen LogP contribution in [0.2, 0.25) is 0 Å². The molecule has 0 radical (unpaired) electrons. The first-order valence-electron chi connectivity index (χ1n) is 29.2. The second-order valence-corrected chi connectivity index (χ2v) is 22.4. The van der Waals surface area contributed by atoms with Crippen LogP contribution in [0.15, 0.2) is 78.9 Å². The molecule has 0 unspecified atom stereocenters. The fourth-order valence-electron chi connectivity index (χ4n) is 7.87. The predicted molar refractivity (Wildman–Crippen MR) is 319 cm³/mol. The zero-order valence-corrected chi connectivity index (χ0v) is 50.8. The highest BCUT2D eigenvalue weighted by Gasteiger charge is 2.27. The van der Waals surface area contributed by atoms with Gasteiger partial charge in [0.25, 0.3) is 0 Å². The molecule has 23 heteroatoms. The van der Waals surface area contributed by atoms with Crippen LogP contribution in [0.1, 0.15) is 123 Å². The second-order valence-electron chi connectivity index (χ2n) is 22.4. The first-order chi connectivity index (χ1) is 40.6. The number of alkyl carbamates (subject to hydrolysis) is 2. The first kappa shape index (κ1) is 71.9. The Kier molecular flexibility index (Phi) is 34.6. The van der Waals surface area contributed by atoms with Gasteiger partial charge in [-0.3, -0.25) is 28.8 Å². The maximum absolute atomic E-state index is 13.4. The van der Waals surface area contributed by atoms with Gasteiger partial charge in [-0.05, 0) is 99.5 Å². The fraction of sp³-hybridized carbons (Fsp3) is 0.581. The van der Waals surface area contributed by atoms with E-state index in [2.05, 4.69) is 64.9 Å². The summed E-state index contributed by atoms with van der Waals surface area (Å²) in [5.41, 5.74) is 1.92. The molecule has 0 fully saturated rings. The Morgan fingerprint density at radius 3 is 1.65 bits per heavy atom. The third-order valence-corrected chi connectivity index (χ3v) is 13.0. The Bertz CT molecular complexity index is 2470. The van der Waals surface area contributed by atoms with Gasteiger partial charge < -0.3 is 75.5 Å². The van der Waals surface area contributed by atoms with E-state index >= 15 is 0 Å². The lowest BCUT2D eigenvalue weighted by molar-refractivity contribution is -0.147. The number of esters is 1. The lowest BCUT2D eigenvalue weighted by atomic mass is 9.78. The van der Waals surface area contributed by atoms with Crippen LogP contribution < -0.4 is 37.2 Å². The van der Waals surface area contributed by atoms with Crippen LogP contribution in [0, 0.1) is 11.3 Å². The van der Waals surface area contributed by atoms with Crippen LogP contribution in [0.4, 0.5) is 15.3 Å². The molecule has 8 N–H and O–H groups in total. The molecule has 0 aliphatic carbocycles. The number of ether oxygens (including phenoxy) is 7. The molecule has 0 aromatic heterocycles. The van der Waals surface area contributed by atoms with E-state index < -0.39 is 41.6 Å². The summed E-state index contributed by atoms with van der Waals surface area (Å²) in [7, 11) is 0. The number of carbonyl (C=O) groups excluding carboxylic acids is 8. The summed E-state index contributed by atoms with van der Waals surface area (Å²) in [6, 6.07) is 21.9. The number of aromatic hydroxyl groups is 1. The SMILES string of the molecule is C[C@@H](C[C@H](Cc1ccc(O)c(NC(=O)CCCNC(=O)[C@H](CCCCNC(=O)CCOCCOCCNC(=O)CCOCCOCCNC(=O)CC(=O)OCc2ccccc2)NC(=O)OCc2ccccc2)c1)NC(=O)OC(C)(C)C)C(C)(C)C. The Morgan fingerprint density at radius 2 is 1.07 bits per heavy atom. The van der Waals surface area contributed by atoms with E-state index in [-0.39, 0.29) is 164 Å². The van der Waals surface area contributed by atoms with Gasteiger partial charge in [-0.15, -0.1) is 0 Å². The molecule has 0 saturated carbocycles. The number of unbranched alkanes of at least 4 members (excludes halogenated alkanes) is 1. The number of carbonyl (C=O) groups is 8. The quantitative estimate of drug-likeness (QED) is 0.00985. The average molecular weight is 1190 g/mol.